The Morgan fingerprint density at radius 1 is 1.06 bits per heavy atom. The van der Waals surface area contributed by atoms with Crippen molar-refractivity contribution in [1.29, 1.82) is 0 Å². The minimum atomic E-state index is -0.934. The summed E-state index contributed by atoms with van der Waals surface area (Å²) in [4.78, 5) is 37.7. The Kier molecular flexibility index (Phi) is 6.96. The van der Waals surface area contributed by atoms with E-state index in [1.165, 1.54) is 16.0 Å². The number of nitrogens with one attached hydrogen (secondary N) is 1. The van der Waals surface area contributed by atoms with Crippen LogP contribution in [0, 0.1) is 5.92 Å². The van der Waals surface area contributed by atoms with Crippen molar-refractivity contribution in [2.75, 3.05) is 19.7 Å². The summed E-state index contributed by atoms with van der Waals surface area (Å²) in [6.07, 6.45) is 1.47. The van der Waals surface area contributed by atoms with E-state index < -0.39 is 12.1 Å². The lowest BCUT2D eigenvalue weighted by Gasteiger charge is -2.24. The fourth-order valence-electron chi connectivity index (χ4n) is 4.63. The van der Waals surface area contributed by atoms with Crippen LogP contribution in [-0.2, 0) is 14.3 Å². The van der Waals surface area contributed by atoms with Gasteiger partial charge in [-0.25, -0.2) is 4.79 Å². The third-order valence-corrected chi connectivity index (χ3v) is 6.56. The molecule has 0 heterocycles. The van der Waals surface area contributed by atoms with E-state index in [0.29, 0.717) is 6.54 Å². The summed E-state index contributed by atoms with van der Waals surface area (Å²) in [5.74, 6) is -0.838. The Morgan fingerprint density at radius 2 is 1.67 bits per heavy atom. The van der Waals surface area contributed by atoms with Crippen molar-refractivity contribution in [3.05, 3.63) is 59.7 Å². The highest BCUT2D eigenvalue weighted by Gasteiger charge is 2.35. The molecule has 2 aromatic carbocycles. The minimum absolute atomic E-state index is 0.0178. The van der Waals surface area contributed by atoms with Crippen LogP contribution in [0.1, 0.15) is 49.7 Å². The van der Waals surface area contributed by atoms with Crippen LogP contribution in [0.2, 0.25) is 0 Å². The van der Waals surface area contributed by atoms with Gasteiger partial charge in [-0.2, -0.15) is 0 Å². The lowest BCUT2D eigenvalue weighted by atomic mass is 9.98. The summed E-state index contributed by atoms with van der Waals surface area (Å²) in [5, 5.41) is 11.8. The third-order valence-electron chi connectivity index (χ3n) is 6.56. The zero-order chi connectivity index (χ0) is 23.4. The maximum Gasteiger partial charge on any atom is 0.407 e. The Labute approximate surface area is 193 Å². The molecular weight excluding hydrogens is 420 g/mol. The number of hydrogen-bond donors (Lipinski definition) is 2. The van der Waals surface area contributed by atoms with Gasteiger partial charge in [-0.05, 0) is 47.9 Å². The number of carbonyl (C=O) groups excluding carboxylic acids is 2. The van der Waals surface area contributed by atoms with Gasteiger partial charge in [0.2, 0.25) is 5.91 Å². The highest BCUT2D eigenvalue weighted by Crippen LogP contribution is 2.44. The quantitative estimate of drug-likeness (QED) is 0.570. The number of benzene rings is 2. The SMILES string of the molecule is CCN(CCC(=O)O)C(=O)CC(NC(=O)OCC1c2ccccc2-c2ccccc21)C1CC1. The van der Waals surface area contributed by atoms with E-state index in [2.05, 4.69) is 29.6 Å². The molecule has 0 aromatic heterocycles. The average Bonchev–Trinajstić information content (AvgIpc) is 3.60. The second kappa shape index (κ2) is 10.1. The molecule has 2 amide bonds. The summed E-state index contributed by atoms with van der Waals surface area (Å²) < 4.78 is 5.64. The summed E-state index contributed by atoms with van der Waals surface area (Å²) >= 11 is 0. The van der Waals surface area contributed by atoms with Crippen molar-refractivity contribution < 1.29 is 24.2 Å². The molecule has 174 valence electrons. The van der Waals surface area contributed by atoms with Crippen molar-refractivity contribution in [2.45, 2.75) is 44.6 Å². The monoisotopic (exact) mass is 450 g/mol. The number of carboxylic acids is 1. The maximum atomic E-state index is 12.7. The highest BCUT2D eigenvalue weighted by atomic mass is 16.5. The number of amides is 2. The van der Waals surface area contributed by atoms with Gasteiger partial charge in [-0.3, -0.25) is 9.59 Å². The number of ether oxygens (including phenoxy) is 1. The second-order valence-electron chi connectivity index (χ2n) is 8.74. The highest BCUT2D eigenvalue weighted by molar-refractivity contribution is 5.80. The van der Waals surface area contributed by atoms with E-state index in [9.17, 15) is 14.4 Å². The third kappa shape index (κ3) is 5.35. The molecule has 4 rings (SSSR count). The van der Waals surface area contributed by atoms with Gasteiger partial charge in [0.05, 0.1) is 6.42 Å². The van der Waals surface area contributed by atoms with Gasteiger partial charge in [-0.15, -0.1) is 0 Å². The molecular formula is C26H30N2O5. The molecule has 2 N–H and O–H groups in total. The summed E-state index contributed by atoms with van der Waals surface area (Å²) in [6.45, 7) is 2.66. The number of carbonyl (C=O) groups is 3. The molecule has 1 atom stereocenters. The topological polar surface area (TPSA) is 95.9 Å². The molecule has 0 saturated heterocycles. The van der Waals surface area contributed by atoms with E-state index >= 15 is 0 Å². The largest absolute Gasteiger partial charge is 0.481 e. The Hall–Kier alpha value is -3.35. The van der Waals surface area contributed by atoms with E-state index in [0.717, 1.165) is 24.0 Å². The van der Waals surface area contributed by atoms with Crippen LogP contribution in [0.4, 0.5) is 4.79 Å². The number of aliphatic carboxylic acids is 1. The normalized spacial score (nSPS) is 15.3. The fraction of sp³-hybridized carbons (Fsp3) is 0.423. The van der Waals surface area contributed by atoms with E-state index in [-0.39, 0.29) is 49.8 Å². The molecule has 0 bridgehead atoms. The van der Waals surface area contributed by atoms with Crippen LogP contribution < -0.4 is 5.32 Å². The van der Waals surface area contributed by atoms with Crippen LogP contribution >= 0.6 is 0 Å². The molecule has 33 heavy (non-hydrogen) atoms. The Morgan fingerprint density at radius 3 is 2.21 bits per heavy atom. The number of nitrogens with zero attached hydrogens (tertiary/aromatic N) is 1. The van der Waals surface area contributed by atoms with Crippen molar-refractivity contribution in [3.8, 4) is 11.1 Å². The number of alkyl carbamates (subject to hydrolysis) is 1. The predicted molar refractivity (Wildman–Crippen MR) is 124 cm³/mol. The maximum absolute atomic E-state index is 12.7. The first-order valence-electron chi connectivity index (χ1n) is 11.6. The first-order valence-corrected chi connectivity index (χ1v) is 11.6. The number of rotatable bonds is 10. The van der Waals surface area contributed by atoms with Crippen LogP contribution in [-0.4, -0.2) is 53.7 Å². The molecule has 1 fully saturated rings. The number of carboxylic acid groups (broad SMARTS) is 1. The molecule has 0 radical (unpaired) electrons. The van der Waals surface area contributed by atoms with Gasteiger partial charge in [0.1, 0.15) is 6.61 Å². The predicted octanol–water partition coefficient (Wildman–Crippen LogP) is 4.02. The minimum Gasteiger partial charge on any atom is -0.481 e. The van der Waals surface area contributed by atoms with Crippen molar-refractivity contribution in [1.82, 2.24) is 10.2 Å². The van der Waals surface area contributed by atoms with E-state index in [4.69, 9.17) is 9.84 Å². The second-order valence-corrected chi connectivity index (χ2v) is 8.74. The molecule has 2 aliphatic carbocycles. The zero-order valence-electron chi connectivity index (χ0n) is 18.8. The molecule has 2 aromatic rings. The summed E-state index contributed by atoms with van der Waals surface area (Å²) in [5.41, 5.74) is 4.64. The molecule has 7 nitrogen and oxygen atoms in total. The van der Waals surface area contributed by atoms with Crippen LogP contribution in [0.15, 0.2) is 48.5 Å². The summed E-state index contributed by atoms with van der Waals surface area (Å²) in [6, 6.07) is 16.0. The summed E-state index contributed by atoms with van der Waals surface area (Å²) in [7, 11) is 0. The first-order chi connectivity index (χ1) is 16.0. The van der Waals surface area contributed by atoms with Crippen molar-refractivity contribution >= 4 is 18.0 Å². The van der Waals surface area contributed by atoms with Gasteiger partial charge in [0.15, 0.2) is 0 Å². The van der Waals surface area contributed by atoms with Gasteiger partial charge < -0.3 is 20.1 Å². The Balaban J connectivity index is 1.36. The van der Waals surface area contributed by atoms with Gasteiger partial charge in [0, 0.05) is 31.5 Å². The van der Waals surface area contributed by atoms with Gasteiger partial charge in [0.25, 0.3) is 0 Å². The van der Waals surface area contributed by atoms with Gasteiger partial charge >= 0.3 is 12.1 Å². The van der Waals surface area contributed by atoms with Crippen LogP contribution in [0.5, 0.6) is 0 Å². The number of hydrogen-bond acceptors (Lipinski definition) is 4. The molecule has 1 saturated carbocycles. The molecule has 7 heteroatoms. The number of fused-ring (bicyclic) bond motifs is 3. The lowest BCUT2D eigenvalue weighted by Crippen LogP contribution is -2.42. The van der Waals surface area contributed by atoms with Crippen LogP contribution in [0.25, 0.3) is 11.1 Å². The molecule has 0 aliphatic heterocycles. The first kappa shape index (κ1) is 22.8. The Bertz CT molecular complexity index is 987. The van der Waals surface area contributed by atoms with Gasteiger partial charge in [-0.1, -0.05) is 48.5 Å². The van der Waals surface area contributed by atoms with E-state index in [1.807, 2.05) is 31.2 Å². The lowest BCUT2D eigenvalue weighted by molar-refractivity contribution is -0.138. The zero-order valence-corrected chi connectivity index (χ0v) is 18.8. The molecule has 2 aliphatic rings. The molecule has 0 spiro atoms. The average molecular weight is 451 g/mol. The van der Waals surface area contributed by atoms with E-state index in [1.54, 1.807) is 0 Å². The molecule has 1 unspecified atom stereocenters. The van der Waals surface area contributed by atoms with Crippen molar-refractivity contribution in [3.63, 3.8) is 0 Å². The van der Waals surface area contributed by atoms with Crippen LogP contribution in [0.3, 0.4) is 0 Å². The smallest absolute Gasteiger partial charge is 0.407 e. The fourth-order valence-corrected chi connectivity index (χ4v) is 4.63. The standard InChI is InChI=1S/C26H30N2O5/c1-2-28(14-13-25(30)31)24(29)15-23(17-11-12-17)27-26(32)33-16-22-20-9-5-3-7-18(20)19-8-4-6-10-21(19)22/h3-10,17,22-23H,2,11-16H2,1H3,(H,27,32)(H,30,31). The van der Waals surface area contributed by atoms with Crippen molar-refractivity contribution in [2.24, 2.45) is 5.92 Å².